The minimum atomic E-state index is 0.159. The van der Waals surface area contributed by atoms with Crippen LogP contribution in [0, 0.1) is 11.8 Å². The van der Waals surface area contributed by atoms with Crippen molar-refractivity contribution >= 4 is 15.9 Å². The molecular formula is C16H23BrN2O2. The van der Waals surface area contributed by atoms with Crippen LogP contribution in [0.4, 0.5) is 0 Å². The Kier molecular flexibility index (Phi) is 4.72. The Hall–Kier alpha value is -0.780. The number of hydrogen-bond acceptors (Lipinski definition) is 4. The molecule has 4 nitrogen and oxygen atoms in total. The predicted octanol–water partition coefficient (Wildman–Crippen LogP) is 2.86. The number of hydrogen-bond donors (Lipinski definition) is 2. The van der Waals surface area contributed by atoms with Crippen molar-refractivity contribution in [2.45, 2.75) is 25.8 Å². The van der Waals surface area contributed by atoms with E-state index in [-0.39, 0.29) is 6.04 Å². The minimum Gasteiger partial charge on any atom is -0.490 e. The number of nitrogens with one attached hydrogen (secondary N) is 1. The van der Waals surface area contributed by atoms with E-state index in [1.165, 1.54) is 6.42 Å². The number of rotatable bonds is 5. The lowest BCUT2D eigenvalue weighted by molar-refractivity contribution is 0.296. The second-order valence-corrected chi connectivity index (χ2v) is 6.90. The first-order valence-corrected chi connectivity index (χ1v) is 8.51. The zero-order chi connectivity index (χ0) is 14.8. The van der Waals surface area contributed by atoms with Crippen molar-refractivity contribution in [1.29, 1.82) is 0 Å². The summed E-state index contributed by atoms with van der Waals surface area (Å²) in [5.74, 6) is 3.29. The third-order valence-corrected chi connectivity index (χ3v) is 4.95. The van der Waals surface area contributed by atoms with Gasteiger partial charge in [-0.3, -0.25) is 0 Å². The number of nitrogens with two attached hydrogens (primary N) is 1. The van der Waals surface area contributed by atoms with Gasteiger partial charge in [-0.15, -0.1) is 0 Å². The SMILES string of the molecule is CC1CC1CNC(CN)c1cc(Br)c2c(c1)OCCCO2. The summed E-state index contributed by atoms with van der Waals surface area (Å²) in [4.78, 5) is 0. The standard InChI is InChI=1S/C16H23BrN2O2/c1-10-5-12(10)9-19-14(8-18)11-6-13(17)16-15(7-11)20-3-2-4-21-16/h6-7,10,12,14,19H,2-5,8-9,18H2,1H3. The third kappa shape index (κ3) is 3.52. The van der Waals surface area contributed by atoms with Crippen LogP contribution in [0.5, 0.6) is 11.5 Å². The number of ether oxygens (including phenoxy) is 2. The van der Waals surface area contributed by atoms with E-state index in [0.717, 1.165) is 46.3 Å². The second kappa shape index (κ2) is 6.55. The Bertz CT molecular complexity index is 509. The van der Waals surface area contributed by atoms with E-state index in [4.69, 9.17) is 15.2 Å². The molecule has 0 amide bonds. The van der Waals surface area contributed by atoms with Gasteiger partial charge in [0.25, 0.3) is 0 Å². The molecule has 3 rings (SSSR count). The van der Waals surface area contributed by atoms with E-state index in [1.54, 1.807) is 0 Å². The molecule has 1 fully saturated rings. The van der Waals surface area contributed by atoms with Crippen molar-refractivity contribution in [1.82, 2.24) is 5.32 Å². The van der Waals surface area contributed by atoms with Gasteiger partial charge < -0.3 is 20.5 Å². The molecule has 5 heteroatoms. The van der Waals surface area contributed by atoms with Gasteiger partial charge in [0, 0.05) is 19.0 Å². The van der Waals surface area contributed by atoms with Crippen LogP contribution in [-0.4, -0.2) is 26.3 Å². The Morgan fingerprint density at radius 1 is 1.38 bits per heavy atom. The van der Waals surface area contributed by atoms with E-state index in [1.807, 2.05) is 0 Å². The molecule has 3 N–H and O–H groups in total. The molecule has 0 saturated heterocycles. The lowest BCUT2D eigenvalue weighted by Crippen LogP contribution is -2.30. The van der Waals surface area contributed by atoms with Gasteiger partial charge in [-0.25, -0.2) is 0 Å². The molecule has 0 aromatic heterocycles. The summed E-state index contributed by atoms with van der Waals surface area (Å²) in [5, 5.41) is 3.59. The Labute approximate surface area is 134 Å². The van der Waals surface area contributed by atoms with E-state index in [9.17, 15) is 0 Å². The largest absolute Gasteiger partial charge is 0.490 e. The quantitative estimate of drug-likeness (QED) is 0.853. The molecule has 2 aliphatic rings. The highest BCUT2D eigenvalue weighted by Crippen LogP contribution is 2.40. The molecule has 3 unspecified atom stereocenters. The lowest BCUT2D eigenvalue weighted by atomic mass is 10.1. The fourth-order valence-corrected chi connectivity index (χ4v) is 3.34. The molecule has 0 spiro atoms. The van der Waals surface area contributed by atoms with Gasteiger partial charge in [0.15, 0.2) is 11.5 Å². The first kappa shape index (κ1) is 15.1. The fourth-order valence-electron chi connectivity index (χ4n) is 2.77. The summed E-state index contributed by atoms with van der Waals surface area (Å²) in [7, 11) is 0. The average Bonchev–Trinajstić information content (AvgIpc) is 3.21. The van der Waals surface area contributed by atoms with Crippen molar-refractivity contribution in [3.8, 4) is 11.5 Å². The number of halogens is 1. The topological polar surface area (TPSA) is 56.5 Å². The average molecular weight is 355 g/mol. The summed E-state index contributed by atoms with van der Waals surface area (Å²) in [6.45, 7) is 5.31. The molecule has 1 aromatic rings. The van der Waals surface area contributed by atoms with Gasteiger partial charge >= 0.3 is 0 Å². The van der Waals surface area contributed by atoms with Gasteiger partial charge in [0.2, 0.25) is 0 Å². The Morgan fingerprint density at radius 2 is 2.14 bits per heavy atom. The van der Waals surface area contributed by atoms with Gasteiger partial charge in [0.05, 0.1) is 17.7 Å². The molecule has 3 atom stereocenters. The van der Waals surface area contributed by atoms with Crippen LogP contribution in [0.25, 0.3) is 0 Å². The summed E-state index contributed by atoms with van der Waals surface area (Å²) >= 11 is 3.59. The smallest absolute Gasteiger partial charge is 0.175 e. The second-order valence-electron chi connectivity index (χ2n) is 6.05. The normalized spacial score (nSPS) is 25.3. The Balaban J connectivity index is 1.76. The highest BCUT2D eigenvalue weighted by Gasteiger charge is 2.32. The van der Waals surface area contributed by atoms with Crippen LogP contribution in [-0.2, 0) is 0 Å². The molecule has 1 saturated carbocycles. The molecule has 0 bridgehead atoms. The summed E-state index contributed by atoms with van der Waals surface area (Å²) in [5.41, 5.74) is 7.11. The third-order valence-electron chi connectivity index (χ3n) is 4.37. The molecule has 1 aliphatic carbocycles. The first-order chi connectivity index (χ1) is 10.2. The maximum Gasteiger partial charge on any atom is 0.175 e. The summed E-state index contributed by atoms with van der Waals surface area (Å²) < 4.78 is 12.5. The van der Waals surface area contributed by atoms with Gasteiger partial charge in [0.1, 0.15) is 0 Å². The van der Waals surface area contributed by atoms with Crippen LogP contribution in [0.15, 0.2) is 16.6 Å². The van der Waals surface area contributed by atoms with Gasteiger partial charge in [-0.1, -0.05) is 6.92 Å². The Morgan fingerprint density at radius 3 is 2.86 bits per heavy atom. The zero-order valence-electron chi connectivity index (χ0n) is 12.4. The molecule has 0 radical (unpaired) electrons. The van der Waals surface area contributed by atoms with Crippen LogP contribution in [0.1, 0.15) is 31.4 Å². The van der Waals surface area contributed by atoms with Gasteiger partial charge in [-0.2, -0.15) is 0 Å². The fraction of sp³-hybridized carbons (Fsp3) is 0.625. The lowest BCUT2D eigenvalue weighted by Gasteiger charge is -2.20. The van der Waals surface area contributed by atoms with Gasteiger partial charge in [-0.05, 0) is 58.4 Å². The zero-order valence-corrected chi connectivity index (χ0v) is 14.0. The molecule has 116 valence electrons. The molecule has 1 heterocycles. The van der Waals surface area contributed by atoms with Crippen molar-refractivity contribution < 1.29 is 9.47 Å². The number of benzene rings is 1. The summed E-state index contributed by atoms with van der Waals surface area (Å²) in [6, 6.07) is 4.31. The van der Waals surface area contributed by atoms with Crippen LogP contribution in [0.2, 0.25) is 0 Å². The minimum absolute atomic E-state index is 0.159. The molecule has 1 aromatic carbocycles. The van der Waals surface area contributed by atoms with E-state index in [0.29, 0.717) is 19.8 Å². The maximum atomic E-state index is 5.95. The van der Waals surface area contributed by atoms with Crippen molar-refractivity contribution in [3.63, 3.8) is 0 Å². The number of fused-ring (bicyclic) bond motifs is 1. The van der Waals surface area contributed by atoms with Crippen molar-refractivity contribution in [2.75, 3.05) is 26.3 Å². The molecular weight excluding hydrogens is 332 g/mol. The van der Waals surface area contributed by atoms with E-state index < -0.39 is 0 Å². The highest BCUT2D eigenvalue weighted by atomic mass is 79.9. The van der Waals surface area contributed by atoms with Crippen LogP contribution < -0.4 is 20.5 Å². The predicted molar refractivity (Wildman–Crippen MR) is 86.8 cm³/mol. The van der Waals surface area contributed by atoms with E-state index >= 15 is 0 Å². The highest BCUT2D eigenvalue weighted by molar-refractivity contribution is 9.10. The van der Waals surface area contributed by atoms with Crippen LogP contribution >= 0.6 is 15.9 Å². The molecule has 1 aliphatic heterocycles. The molecule has 21 heavy (non-hydrogen) atoms. The van der Waals surface area contributed by atoms with E-state index in [2.05, 4.69) is 40.3 Å². The maximum absolute atomic E-state index is 5.95. The van der Waals surface area contributed by atoms with Crippen molar-refractivity contribution in [2.24, 2.45) is 17.6 Å². The van der Waals surface area contributed by atoms with Crippen LogP contribution in [0.3, 0.4) is 0 Å². The summed E-state index contributed by atoms with van der Waals surface area (Å²) in [6.07, 6.45) is 2.24. The van der Waals surface area contributed by atoms with Crippen molar-refractivity contribution in [3.05, 3.63) is 22.2 Å². The monoisotopic (exact) mass is 354 g/mol. The first-order valence-electron chi connectivity index (χ1n) is 7.71.